The van der Waals surface area contributed by atoms with E-state index in [4.69, 9.17) is 4.74 Å². The third kappa shape index (κ3) is 7.15. The summed E-state index contributed by atoms with van der Waals surface area (Å²) >= 11 is 0. The first-order chi connectivity index (χ1) is 19.0. The van der Waals surface area contributed by atoms with Gasteiger partial charge in [0.2, 0.25) is 20.0 Å². The number of carboxylic acids is 1. The summed E-state index contributed by atoms with van der Waals surface area (Å²) in [6, 6.07) is 14.5. The summed E-state index contributed by atoms with van der Waals surface area (Å²) in [6.45, 7) is 4.33. The average Bonchev–Trinajstić information content (AvgIpc) is 2.92. The minimum atomic E-state index is -4.00. The molecular weight excluding hydrogens is 556 g/mol. The van der Waals surface area contributed by atoms with E-state index in [0.717, 1.165) is 22.2 Å². The number of aryl methyl sites for hydroxylation is 1. The van der Waals surface area contributed by atoms with Crippen LogP contribution in [0.4, 0.5) is 0 Å². The number of nitrogens with zero attached hydrogens (tertiary/aromatic N) is 3. The minimum absolute atomic E-state index is 0.0235. The first-order valence-electron chi connectivity index (χ1n) is 13.0. The first-order valence-corrected chi connectivity index (χ1v) is 16.1. The molecular formula is C27H34N4O7S2. The highest BCUT2D eigenvalue weighted by molar-refractivity contribution is 7.89. The fourth-order valence-electron chi connectivity index (χ4n) is 4.72. The van der Waals surface area contributed by atoms with Crippen LogP contribution < -0.4 is 9.46 Å². The van der Waals surface area contributed by atoms with Crippen molar-refractivity contribution in [1.82, 2.24) is 18.9 Å². The number of benzene rings is 2. The molecule has 1 aliphatic rings. The molecule has 4 rings (SSSR count). The molecule has 13 heteroatoms. The summed E-state index contributed by atoms with van der Waals surface area (Å²) in [5.74, 6) is -0.661. The molecule has 1 atom stereocenters. The van der Waals surface area contributed by atoms with Crippen molar-refractivity contribution in [2.45, 2.75) is 37.8 Å². The maximum atomic E-state index is 12.9. The Morgan fingerprint density at radius 2 is 1.73 bits per heavy atom. The molecule has 11 nitrogen and oxygen atoms in total. The maximum absolute atomic E-state index is 12.9. The van der Waals surface area contributed by atoms with Gasteiger partial charge in [0.25, 0.3) is 0 Å². The van der Waals surface area contributed by atoms with Crippen molar-refractivity contribution in [2.75, 3.05) is 38.5 Å². The van der Waals surface area contributed by atoms with E-state index < -0.39 is 32.1 Å². The number of piperazine rings is 1. The lowest BCUT2D eigenvalue weighted by Gasteiger charge is -2.37. The number of pyridine rings is 1. The van der Waals surface area contributed by atoms with Gasteiger partial charge in [-0.15, -0.1) is 0 Å². The lowest BCUT2D eigenvalue weighted by molar-refractivity contribution is -0.143. The van der Waals surface area contributed by atoms with Crippen LogP contribution in [0.3, 0.4) is 0 Å². The zero-order valence-corrected chi connectivity index (χ0v) is 24.1. The number of sulfonamides is 2. The second-order valence-corrected chi connectivity index (χ2v) is 13.5. The lowest BCUT2D eigenvalue weighted by atomic mass is 10.1. The van der Waals surface area contributed by atoms with Gasteiger partial charge in [-0.2, -0.15) is 4.31 Å². The predicted molar refractivity (Wildman–Crippen MR) is 151 cm³/mol. The van der Waals surface area contributed by atoms with Gasteiger partial charge < -0.3 is 9.84 Å². The van der Waals surface area contributed by atoms with Crippen molar-refractivity contribution in [3.8, 4) is 5.75 Å². The standard InChI is InChI=1S/C27H34N4O7S2/c1-3-16-39(34,35)31-14-12-30(13-15-31)26(27(32)33)18-28-40(36,37)23-10-8-22(9-11-23)38-19-21-17-20(2)29-25-7-5-4-6-24(21)25/h4-11,17,26,28H,3,12-16,18-19H2,1-2H3,(H,32,33)/t26-/m0/s1. The van der Waals surface area contributed by atoms with E-state index in [1.165, 1.54) is 16.4 Å². The number of hydrogen-bond donors (Lipinski definition) is 2. The van der Waals surface area contributed by atoms with Gasteiger partial charge in [0.1, 0.15) is 18.4 Å². The van der Waals surface area contributed by atoms with Crippen molar-refractivity contribution in [3.63, 3.8) is 0 Å². The second-order valence-electron chi connectivity index (χ2n) is 9.66. The van der Waals surface area contributed by atoms with E-state index in [9.17, 15) is 26.7 Å². The Morgan fingerprint density at radius 1 is 1.05 bits per heavy atom. The molecule has 1 saturated heterocycles. The third-order valence-corrected chi connectivity index (χ3v) is 10.3. The Balaban J connectivity index is 1.36. The number of nitrogens with one attached hydrogen (secondary N) is 1. The van der Waals surface area contributed by atoms with E-state index in [0.29, 0.717) is 12.2 Å². The topological polar surface area (TPSA) is 146 Å². The smallest absolute Gasteiger partial charge is 0.322 e. The SMILES string of the molecule is CCCS(=O)(=O)N1CCN([C@@H](CNS(=O)(=O)c2ccc(OCc3cc(C)nc4ccccc34)cc2)C(=O)O)CC1. The van der Waals surface area contributed by atoms with Crippen molar-refractivity contribution in [1.29, 1.82) is 0 Å². The van der Waals surface area contributed by atoms with Gasteiger partial charge in [-0.25, -0.2) is 21.6 Å². The highest BCUT2D eigenvalue weighted by Gasteiger charge is 2.33. The molecule has 0 amide bonds. The molecule has 0 spiro atoms. The van der Waals surface area contributed by atoms with Gasteiger partial charge in [-0.3, -0.25) is 14.7 Å². The molecule has 0 saturated carbocycles. The van der Waals surface area contributed by atoms with E-state index >= 15 is 0 Å². The maximum Gasteiger partial charge on any atom is 0.322 e. The van der Waals surface area contributed by atoms with Crippen LogP contribution in [0, 0.1) is 6.92 Å². The summed E-state index contributed by atoms with van der Waals surface area (Å²) in [5.41, 5.74) is 2.70. The molecule has 216 valence electrons. The van der Waals surface area contributed by atoms with E-state index in [1.807, 2.05) is 37.3 Å². The zero-order chi connectivity index (χ0) is 28.9. The summed E-state index contributed by atoms with van der Waals surface area (Å²) in [6.07, 6.45) is 0.497. The fraction of sp³-hybridized carbons (Fsp3) is 0.407. The lowest BCUT2D eigenvalue weighted by Crippen LogP contribution is -2.57. The van der Waals surface area contributed by atoms with Crippen LogP contribution in [0.5, 0.6) is 5.75 Å². The molecule has 1 fully saturated rings. The second kappa shape index (κ2) is 12.6. The van der Waals surface area contributed by atoms with Crippen LogP contribution >= 0.6 is 0 Å². The molecule has 2 aromatic carbocycles. The van der Waals surface area contributed by atoms with Crippen LogP contribution in [-0.2, 0) is 31.4 Å². The number of hydrogen-bond acceptors (Lipinski definition) is 8. The molecule has 0 unspecified atom stereocenters. The number of rotatable bonds is 12. The van der Waals surface area contributed by atoms with E-state index in [-0.39, 0.29) is 50.0 Å². The molecule has 40 heavy (non-hydrogen) atoms. The zero-order valence-electron chi connectivity index (χ0n) is 22.5. The summed E-state index contributed by atoms with van der Waals surface area (Å²) in [7, 11) is -7.37. The quantitative estimate of drug-likeness (QED) is 0.324. The number of aromatic nitrogens is 1. The Morgan fingerprint density at radius 3 is 2.38 bits per heavy atom. The molecule has 3 aromatic rings. The Bertz CT molecular complexity index is 1550. The molecule has 2 heterocycles. The van der Waals surface area contributed by atoms with Gasteiger partial charge in [-0.05, 0) is 49.7 Å². The Labute approximate surface area is 234 Å². The van der Waals surface area contributed by atoms with Gasteiger partial charge in [0.15, 0.2) is 0 Å². The van der Waals surface area contributed by atoms with Crippen LogP contribution in [0.2, 0.25) is 0 Å². The largest absolute Gasteiger partial charge is 0.489 e. The first kappa shape index (κ1) is 29.9. The molecule has 2 N–H and O–H groups in total. The summed E-state index contributed by atoms with van der Waals surface area (Å²) in [4.78, 5) is 18.0. The van der Waals surface area contributed by atoms with Gasteiger partial charge in [0, 0.05) is 49.4 Å². The predicted octanol–water partition coefficient (Wildman–Crippen LogP) is 2.21. The average molecular weight is 591 g/mol. The van der Waals surface area contributed by atoms with Crippen LogP contribution in [0.15, 0.2) is 59.5 Å². The van der Waals surface area contributed by atoms with Gasteiger partial charge in [0.05, 0.1) is 16.2 Å². The number of carbonyl (C=O) groups is 1. The van der Waals surface area contributed by atoms with E-state index in [1.54, 1.807) is 24.0 Å². The number of carboxylic acid groups (broad SMARTS) is 1. The monoisotopic (exact) mass is 590 g/mol. The third-order valence-electron chi connectivity index (χ3n) is 6.78. The Kier molecular flexibility index (Phi) is 9.41. The minimum Gasteiger partial charge on any atom is -0.489 e. The van der Waals surface area contributed by atoms with Gasteiger partial charge >= 0.3 is 5.97 Å². The van der Waals surface area contributed by atoms with Crippen LogP contribution in [0.25, 0.3) is 10.9 Å². The van der Waals surface area contributed by atoms with Crippen LogP contribution in [0.1, 0.15) is 24.6 Å². The highest BCUT2D eigenvalue weighted by atomic mass is 32.2. The molecule has 0 radical (unpaired) electrons. The molecule has 0 aliphatic carbocycles. The molecule has 1 aliphatic heterocycles. The van der Waals surface area contributed by atoms with Crippen molar-refractivity contribution in [3.05, 3.63) is 65.9 Å². The van der Waals surface area contributed by atoms with Crippen molar-refractivity contribution < 1.29 is 31.5 Å². The molecule has 1 aromatic heterocycles. The number of fused-ring (bicyclic) bond motifs is 1. The van der Waals surface area contributed by atoms with E-state index in [2.05, 4.69) is 9.71 Å². The molecule has 0 bridgehead atoms. The Hall–Kier alpha value is -3.10. The summed E-state index contributed by atoms with van der Waals surface area (Å²) in [5, 5.41) is 10.7. The van der Waals surface area contributed by atoms with Crippen LogP contribution in [-0.4, -0.2) is 86.6 Å². The number of aliphatic carboxylic acids is 1. The highest BCUT2D eigenvalue weighted by Crippen LogP contribution is 2.22. The van der Waals surface area contributed by atoms with Gasteiger partial charge in [-0.1, -0.05) is 25.1 Å². The number of para-hydroxylation sites is 1. The van der Waals surface area contributed by atoms with Crippen molar-refractivity contribution in [2.24, 2.45) is 0 Å². The number of ether oxygens (including phenoxy) is 1. The summed E-state index contributed by atoms with van der Waals surface area (Å²) < 4.78 is 60.1. The van der Waals surface area contributed by atoms with Crippen molar-refractivity contribution >= 4 is 36.9 Å². The normalized spacial score (nSPS) is 16.1. The fourth-order valence-corrected chi connectivity index (χ4v) is 7.25.